The summed E-state index contributed by atoms with van der Waals surface area (Å²) in [5, 5.41) is 14.1. The lowest BCUT2D eigenvalue weighted by Gasteiger charge is -2.09. The fourth-order valence-corrected chi connectivity index (χ4v) is 3.07. The van der Waals surface area contributed by atoms with Crippen LogP contribution in [-0.4, -0.2) is 23.7 Å². The number of benzene rings is 1. The largest absolute Gasteiger partial charge is 0.392 e. The van der Waals surface area contributed by atoms with Gasteiger partial charge >= 0.3 is 0 Å². The van der Waals surface area contributed by atoms with Gasteiger partial charge in [-0.15, -0.1) is 0 Å². The monoisotopic (exact) mass is 367 g/mol. The minimum absolute atomic E-state index is 0.0181. The lowest BCUT2D eigenvalue weighted by molar-refractivity contribution is 0.278. The SMILES string of the molecule is O=S(=O)(Nc1c(F)cc(Br)cc1F)c1[nH]ncc1CO. The number of anilines is 1. The molecule has 2 aromatic rings. The van der Waals surface area contributed by atoms with Crippen molar-refractivity contribution in [2.75, 3.05) is 4.72 Å². The molecule has 108 valence electrons. The van der Waals surface area contributed by atoms with Crippen LogP contribution in [0, 0.1) is 11.6 Å². The van der Waals surface area contributed by atoms with Crippen LogP contribution in [0.3, 0.4) is 0 Å². The number of sulfonamides is 1. The van der Waals surface area contributed by atoms with Crippen molar-refractivity contribution in [2.24, 2.45) is 0 Å². The molecule has 10 heteroatoms. The summed E-state index contributed by atoms with van der Waals surface area (Å²) < 4.78 is 53.1. The Morgan fingerprint density at radius 2 is 1.95 bits per heavy atom. The maximum atomic E-state index is 13.6. The van der Waals surface area contributed by atoms with Gasteiger partial charge in [-0.3, -0.25) is 9.82 Å². The van der Waals surface area contributed by atoms with Crippen molar-refractivity contribution in [1.82, 2.24) is 10.2 Å². The van der Waals surface area contributed by atoms with E-state index in [1.165, 1.54) is 0 Å². The number of hydrogen-bond acceptors (Lipinski definition) is 4. The normalized spacial score (nSPS) is 11.6. The van der Waals surface area contributed by atoms with E-state index in [1.54, 1.807) is 4.72 Å². The van der Waals surface area contributed by atoms with Gasteiger partial charge in [-0.05, 0) is 12.1 Å². The molecule has 0 radical (unpaired) electrons. The molecule has 1 heterocycles. The molecule has 0 aliphatic rings. The number of hydrogen-bond donors (Lipinski definition) is 3. The zero-order valence-corrected chi connectivity index (χ0v) is 12.1. The van der Waals surface area contributed by atoms with E-state index in [1.807, 2.05) is 0 Å². The number of halogens is 3. The van der Waals surface area contributed by atoms with Gasteiger partial charge in [-0.2, -0.15) is 13.5 Å². The highest BCUT2D eigenvalue weighted by Crippen LogP contribution is 2.26. The third kappa shape index (κ3) is 2.81. The number of aliphatic hydroxyl groups excluding tert-OH is 1. The molecule has 0 aliphatic heterocycles. The molecule has 0 saturated carbocycles. The molecular weight excluding hydrogens is 360 g/mol. The summed E-state index contributed by atoms with van der Waals surface area (Å²) in [4.78, 5) is 0. The Hall–Kier alpha value is -1.52. The summed E-state index contributed by atoms with van der Waals surface area (Å²) in [6.07, 6.45) is 1.10. The van der Waals surface area contributed by atoms with Crippen LogP contribution in [0.15, 0.2) is 27.8 Å². The second kappa shape index (κ2) is 5.46. The van der Waals surface area contributed by atoms with Gasteiger partial charge in [0.2, 0.25) is 0 Å². The second-order valence-electron chi connectivity index (χ2n) is 3.73. The molecule has 0 saturated heterocycles. The van der Waals surface area contributed by atoms with Crippen LogP contribution < -0.4 is 4.72 Å². The van der Waals surface area contributed by atoms with E-state index < -0.39 is 39.0 Å². The topological polar surface area (TPSA) is 95.1 Å². The number of nitrogens with one attached hydrogen (secondary N) is 2. The van der Waals surface area contributed by atoms with Crippen LogP contribution in [0.25, 0.3) is 0 Å². The summed E-state index contributed by atoms with van der Waals surface area (Å²) >= 11 is 2.88. The lowest BCUT2D eigenvalue weighted by atomic mass is 10.3. The minimum Gasteiger partial charge on any atom is -0.392 e. The van der Waals surface area contributed by atoms with E-state index in [0.717, 1.165) is 18.3 Å². The maximum Gasteiger partial charge on any atom is 0.279 e. The van der Waals surface area contributed by atoms with Crippen LogP contribution in [0.2, 0.25) is 0 Å². The molecule has 6 nitrogen and oxygen atoms in total. The van der Waals surface area contributed by atoms with Crippen molar-refractivity contribution >= 4 is 31.6 Å². The minimum atomic E-state index is -4.29. The van der Waals surface area contributed by atoms with Crippen LogP contribution in [-0.2, 0) is 16.6 Å². The van der Waals surface area contributed by atoms with E-state index in [4.69, 9.17) is 5.11 Å². The van der Waals surface area contributed by atoms with E-state index >= 15 is 0 Å². The Balaban J connectivity index is 2.44. The van der Waals surface area contributed by atoms with Crippen molar-refractivity contribution < 1.29 is 22.3 Å². The highest BCUT2D eigenvalue weighted by molar-refractivity contribution is 9.10. The Kier molecular flexibility index (Phi) is 4.06. The maximum absolute atomic E-state index is 13.6. The molecule has 1 aromatic carbocycles. The molecule has 0 aliphatic carbocycles. The number of aromatic amines is 1. The highest BCUT2D eigenvalue weighted by atomic mass is 79.9. The average molecular weight is 368 g/mol. The van der Waals surface area contributed by atoms with E-state index in [2.05, 4.69) is 26.1 Å². The van der Waals surface area contributed by atoms with Gasteiger partial charge in [0.1, 0.15) is 5.69 Å². The van der Waals surface area contributed by atoms with Crippen molar-refractivity contribution in [1.29, 1.82) is 0 Å². The smallest absolute Gasteiger partial charge is 0.279 e. The first kappa shape index (κ1) is 14.9. The molecular formula is C10H8BrF2N3O3S. The van der Waals surface area contributed by atoms with Crippen molar-refractivity contribution in [2.45, 2.75) is 11.6 Å². The van der Waals surface area contributed by atoms with E-state index in [9.17, 15) is 17.2 Å². The van der Waals surface area contributed by atoms with E-state index in [0.29, 0.717) is 0 Å². The average Bonchev–Trinajstić information content (AvgIpc) is 2.83. The van der Waals surface area contributed by atoms with Gasteiger partial charge in [-0.1, -0.05) is 15.9 Å². The zero-order chi connectivity index (χ0) is 14.9. The molecule has 2 rings (SSSR count). The lowest BCUT2D eigenvalue weighted by Crippen LogP contribution is -2.17. The van der Waals surface area contributed by atoms with Crippen LogP contribution in [0.5, 0.6) is 0 Å². The summed E-state index contributed by atoms with van der Waals surface area (Å²) in [6, 6.07) is 1.84. The van der Waals surface area contributed by atoms with Crippen molar-refractivity contribution in [3.8, 4) is 0 Å². The molecule has 0 bridgehead atoms. The Bertz CT molecular complexity index is 725. The molecule has 0 atom stereocenters. The standard InChI is InChI=1S/C10H8BrF2N3O3S/c11-6-1-7(12)9(8(13)2-6)16-20(18,19)10-5(4-17)3-14-15-10/h1-3,16-17H,4H2,(H,14,15). The summed E-state index contributed by atoms with van der Waals surface area (Å²) in [6.45, 7) is -0.585. The Morgan fingerprint density at radius 3 is 2.50 bits per heavy atom. The number of aliphatic hydroxyl groups is 1. The summed E-state index contributed by atoms with van der Waals surface area (Å²) in [5.41, 5.74) is -0.831. The molecule has 20 heavy (non-hydrogen) atoms. The number of H-pyrrole nitrogens is 1. The molecule has 3 N–H and O–H groups in total. The second-order valence-corrected chi connectivity index (χ2v) is 6.27. The Morgan fingerprint density at radius 1 is 1.35 bits per heavy atom. The van der Waals surface area contributed by atoms with Crippen molar-refractivity contribution in [3.63, 3.8) is 0 Å². The fourth-order valence-electron chi connectivity index (χ4n) is 1.47. The molecule has 0 amide bonds. The van der Waals surface area contributed by atoms with Gasteiger partial charge in [-0.25, -0.2) is 8.78 Å². The quantitative estimate of drug-likeness (QED) is 0.766. The Labute approximate surface area is 121 Å². The predicted molar refractivity (Wildman–Crippen MR) is 69.4 cm³/mol. The van der Waals surface area contributed by atoms with E-state index in [-0.39, 0.29) is 10.0 Å². The fraction of sp³-hybridized carbons (Fsp3) is 0.100. The first-order valence-corrected chi connectivity index (χ1v) is 7.43. The first-order valence-electron chi connectivity index (χ1n) is 5.15. The van der Waals surface area contributed by atoms with Crippen LogP contribution >= 0.6 is 15.9 Å². The van der Waals surface area contributed by atoms with Crippen LogP contribution in [0.1, 0.15) is 5.56 Å². The van der Waals surface area contributed by atoms with Gasteiger partial charge in [0, 0.05) is 10.0 Å². The predicted octanol–water partition coefficient (Wildman–Crippen LogP) is 1.74. The first-order chi connectivity index (χ1) is 9.35. The highest BCUT2D eigenvalue weighted by Gasteiger charge is 2.24. The zero-order valence-electron chi connectivity index (χ0n) is 9.69. The van der Waals surface area contributed by atoms with Gasteiger partial charge in [0.25, 0.3) is 10.0 Å². The third-order valence-electron chi connectivity index (χ3n) is 2.36. The van der Waals surface area contributed by atoms with Crippen molar-refractivity contribution in [3.05, 3.63) is 40.0 Å². The van der Waals surface area contributed by atoms with Gasteiger partial charge < -0.3 is 5.11 Å². The number of nitrogens with zero attached hydrogens (tertiary/aromatic N) is 1. The molecule has 0 fully saturated rings. The number of rotatable bonds is 4. The molecule has 0 unspecified atom stereocenters. The summed E-state index contributed by atoms with van der Waals surface area (Å²) in [7, 11) is -4.29. The molecule has 1 aromatic heterocycles. The van der Waals surface area contributed by atoms with Gasteiger partial charge in [0.05, 0.1) is 12.8 Å². The molecule has 0 spiro atoms. The number of aromatic nitrogens is 2. The van der Waals surface area contributed by atoms with Crippen LogP contribution in [0.4, 0.5) is 14.5 Å². The third-order valence-corrected chi connectivity index (χ3v) is 4.18. The van der Waals surface area contributed by atoms with Gasteiger partial charge in [0.15, 0.2) is 16.7 Å². The summed E-state index contributed by atoms with van der Waals surface area (Å²) in [5.74, 6) is -2.16.